The Hall–Kier alpha value is -1.70. The summed E-state index contributed by atoms with van der Waals surface area (Å²) in [5.41, 5.74) is 4.15. The topological polar surface area (TPSA) is 35.5 Å². The number of ether oxygens (including phenoxy) is 2. The van der Waals surface area contributed by atoms with Gasteiger partial charge in [-0.05, 0) is 37.2 Å². The molecule has 0 fully saturated rings. The zero-order valence-corrected chi connectivity index (χ0v) is 16.7. The highest BCUT2D eigenvalue weighted by molar-refractivity contribution is 7.48. The molecule has 0 aromatic heterocycles. The third-order valence-corrected chi connectivity index (χ3v) is 6.48. The van der Waals surface area contributed by atoms with Gasteiger partial charge >= 0.3 is 0 Å². The van der Waals surface area contributed by atoms with Crippen LogP contribution in [-0.4, -0.2) is 20.2 Å². The number of carbonyl (C=O) groups is 1. The molecular formula is C21H27O3P. The summed E-state index contributed by atoms with van der Waals surface area (Å²) in [6, 6.07) is 12.4. The molecule has 0 saturated carbocycles. The fraction of sp³-hybridized carbons (Fsp3) is 0.381. The van der Waals surface area contributed by atoms with Gasteiger partial charge in [-0.1, -0.05) is 58.3 Å². The lowest BCUT2D eigenvalue weighted by molar-refractivity contribution is 0.0495. The maximum absolute atomic E-state index is 11.5. The molecule has 0 spiro atoms. The summed E-state index contributed by atoms with van der Waals surface area (Å²) in [6.45, 7) is 8.72. The minimum atomic E-state index is -0.109. The first-order valence-corrected chi connectivity index (χ1v) is 9.51. The molecule has 2 aromatic rings. The quantitative estimate of drug-likeness (QED) is 0.389. The summed E-state index contributed by atoms with van der Waals surface area (Å²) in [4.78, 5) is 11.5. The van der Waals surface area contributed by atoms with E-state index in [1.165, 1.54) is 5.56 Å². The Labute approximate surface area is 152 Å². The average Bonchev–Trinajstić information content (AvgIpc) is 2.61. The summed E-state index contributed by atoms with van der Waals surface area (Å²) < 4.78 is 11.0. The van der Waals surface area contributed by atoms with Gasteiger partial charge in [-0.25, -0.2) is 0 Å². The van der Waals surface area contributed by atoms with Crippen LogP contribution in [0.15, 0.2) is 36.4 Å². The minimum Gasteiger partial charge on any atom is -0.467 e. The lowest BCUT2D eigenvalue weighted by Crippen LogP contribution is -2.21. The molecule has 0 aliphatic heterocycles. The van der Waals surface area contributed by atoms with Crippen molar-refractivity contribution in [2.24, 2.45) is 0 Å². The maximum atomic E-state index is 11.5. The smallest absolute Gasteiger partial charge is 0.188 e. The van der Waals surface area contributed by atoms with Crippen LogP contribution in [0.2, 0.25) is 0 Å². The largest absolute Gasteiger partial charge is 0.467 e. The van der Waals surface area contributed by atoms with E-state index in [1.807, 2.05) is 13.0 Å². The Bertz CT molecular complexity index is 742. The predicted molar refractivity (Wildman–Crippen MR) is 106 cm³/mol. The lowest BCUT2D eigenvalue weighted by atomic mass is 9.94. The second-order valence-electron chi connectivity index (χ2n) is 6.52. The number of benzene rings is 2. The van der Waals surface area contributed by atoms with E-state index in [0.29, 0.717) is 8.58 Å². The Kier molecular flexibility index (Phi) is 6.75. The van der Waals surface area contributed by atoms with Crippen LogP contribution in [0.5, 0.6) is 5.75 Å². The van der Waals surface area contributed by atoms with Crippen LogP contribution < -0.4 is 10.0 Å². The molecule has 0 heterocycles. The average molecular weight is 358 g/mol. The third-order valence-electron chi connectivity index (χ3n) is 4.58. The number of aldehydes is 1. The highest BCUT2D eigenvalue weighted by Gasteiger charge is 2.30. The summed E-state index contributed by atoms with van der Waals surface area (Å²) >= 11 is 0. The number of methoxy groups -OCH3 is 1. The number of rotatable bonds is 8. The molecule has 0 bridgehead atoms. The highest BCUT2D eigenvalue weighted by atomic mass is 31.1. The van der Waals surface area contributed by atoms with Crippen molar-refractivity contribution >= 4 is 20.2 Å². The van der Waals surface area contributed by atoms with Crippen molar-refractivity contribution in [2.75, 3.05) is 13.9 Å². The highest BCUT2D eigenvalue weighted by Crippen LogP contribution is 2.48. The molecule has 0 saturated heterocycles. The molecule has 3 nitrogen and oxygen atoms in total. The van der Waals surface area contributed by atoms with E-state index >= 15 is 0 Å². The summed E-state index contributed by atoms with van der Waals surface area (Å²) in [7, 11) is 2.10. The van der Waals surface area contributed by atoms with Crippen molar-refractivity contribution < 1.29 is 14.3 Å². The SMILES string of the molecule is CCC(C)(Pc1ccc(C)cc1C=O)c1cccc(C)c1OCOC. The van der Waals surface area contributed by atoms with Gasteiger partial charge in [0.25, 0.3) is 0 Å². The molecule has 0 radical (unpaired) electrons. The molecule has 4 heteroatoms. The van der Waals surface area contributed by atoms with Gasteiger partial charge in [0.15, 0.2) is 13.1 Å². The molecule has 2 atom stereocenters. The van der Waals surface area contributed by atoms with Crippen LogP contribution in [0.3, 0.4) is 0 Å². The molecule has 0 amide bonds. The van der Waals surface area contributed by atoms with E-state index in [0.717, 1.165) is 40.5 Å². The first-order chi connectivity index (χ1) is 11.9. The van der Waals surface area contributed by atoms with Gasteiger partial charge in [0.2, 0.25) is 0 Å². The third kappa shape index (κ3) is 4.48. The number of para-hydroxylation sites is 1. The molecule has 2 aromatic carbocycles. The van der Waals surface area contributed by atoms with Gasteiger partial charge in [0.05, 0.1) is 0 Å². The van der Waals surface area contributed by atoms with E-state index in [4.69, 9.17) is 9.47 Å². The van der Waals surface area contributed by atoms with Crippen molar-refractivity contribution in [3.05, 3.63) is 58.7 Å². The Balaban J connectivity index is 2.47. The van der Waals surface area contributed by atoms with E-state index in [2.05, 4.69) is 51.1 Å². The summed E-state index contributed by atoms with van der Waals surface area (Å²) in [5, 5.41) is 0.992. The first kappa shape index (κ1) is 19.6. The van der Waals surface area contributed by atoms with Gasteiger partial charge in [-0.15, -0.1) is 0 Å². The monoisotopic (exact) mass is 358 g/mol. The summed E-state index contributed by atoms with van der Waals surface area (Å²) in [6.07, 6.45) is 1.91. The van der Waals surface area contributed by atoms with E-state index in [-0.39, 0.29) is 11.9 Å². The minimum absolute atomic E-state index is 0.109. The number of aryl methyl sites for hydroxylation is 2. The van der Waals surface area contributed by atoms with Crippen LogP contribution in [0.1, 0.15) is 47.3 Å². The maximum Gasteiger partial charge on any atom is 0.188 e. The number of carbonyl (C=O) groups excluding carboxylic acids is 1. The first-order valence-electron chi connectivity index (χ1n) is 8.51. The van der Waals surface area contributed by atoms with Gasteiger partial charge < -0.3 is 9.47 Å². The van der Waals surface area contributed by atoms with Gasteiger partial charge in [-0.3, -0.25) is 4.79 Å². The van der Waals surface area contributed by atoms with Crippen molar-refractivity contribution in [1.82, 2.24) is 0 Å². The number of hydrogen-bond donors (Lipinski definition) is 0. The molecule has 0 N–H and O–H groups in total. The van der Waals surface area contributed by atoms with Crippen LogP contribution in [0.4, 0.5) is 0 Å². The van der Waals surface area contributed by atoms with Crippen molar-refractivity contribution in [2.45, 2.75) is 39.3 Å². The Morgan fingerprint density at radius 2 is 1.96 bits per heavy atom. The fourth-order valence-electron chi connectivity index (χ4n) is 2.93. The van der Waals surface area contributed by atoms with Crippen LogP contribution >= 0.6 is 8.58 Å². The Morgan fingerprint density at radius 1 is 1.20 bits per heavy atom. The van der Waals surface area contributed by atoms with Gasteiger partial charge in [-0.2, -0.15) is 0 Å². The number of hydrogen-bond acceptors (Lipinski definition) is 3. The second-order valence-corrected chi connectivity index (χ2v) is 8.41. The second kappa shape index (κ2) is 8.60. The van der Waals surface area contributed by atoms with Crippen LogP contribution in [0.25, 0.3) is 0 Å². The van der Waals surface area contributed by atoms with Crippen LogP contribution in [-0.2, 0) is 9.89 Å². The molecule has 25 heavy (non-hydrogen) atoms. The molecule has 2 unspecified atom stereocenters. The zero-order valence-electron chi connectivity index (χ0n) is 15.7. The van der Waals surface area contributed by atoms with Gasteiger partial charge in [0, 0.05) is 23.4 Å². The van der Waals surface area contributed by atoms with Crippen LogP contribution in [0, 0.1) is 13.8 Å². The zero-order chi connectivity index (χ0) is 18.4. The predicted octanol–water partition coefficient (Wildman–Crippen LogP) is 4.73. The van der Waals surface area contributed by atoms with E-state index < -0.39 is 0 Å². The Morgan fingerprint density at radius 3 is 2.60 bits per heavy atom. The standard InChI is InChI=1S/C21H27O3P/c1-6-21(4,25-19-11-10-15(2)12-17(19)13-22)18-9-7-8-16(3)20(18)24-14-23-5/h7-13,25H,6,14H2,1-5H3. The molecule has 0 aliphatic rings. The van der Waals surface area contributed by atoms with Crippen molar-refractivity contribution in [3.63, 3.8) is 0 Å². The van der Waals surface area contributed by atoms with E-state index in [9.17, 15) is 4.79 Å². The normalized spacial score (nSPS) is 13.8. The van der Waals surface area contributed by atoms with Gasteiger partial charge in [0.1, 0.15) is 5.75 Å². The molecular weight excluding hydrogens is 331 g/mol. The summed E-state index contributed by atoms with van der Waals surface area (Å²) in [5.74, 6) is 0.890. The fourth-order valence-corrected chi connectivity index (χ4v) is 4.48. The molecule has 2 rings (SSSR count). The molecule has 134 valence electrons. The lowest BCUT2D eigenvalue weighted by Gasteiger charge is -2.32. The van der Waals surface area contributed by atoms with Crippen molar-refractivity contribution in [3.8, 4) is 5.75 Å². The van der Waals surface area contributed by atoms with E-state index in [1.54, 1.807) is 7.11 Å². The van der Waals surface area contributed by atoms with Crippen molar-refractivity contribution in [1.29, 1.82) is 0 Å². The molecule has 0 aliphatic carbocycles.